The van der Waals surface area contributed by atoms with Crippen molar-refractivity contribution in [3.63, 3.8) is 0 Å². The minimum absolute atomic E-state index is 0.160. The van der Waals surface area contributed by atoms with Gasteiger partial charge in [-0.25, -0.2) is 8.42 Å². The Hall–Kier alpha value is -1.36. The van der Waals surface area contributed by atoms with E-state index in [9.17, 15) is 8.42 Å². The lowest BCUT2D eigenvalue weighted by atomic mass is 10.2. The Kier molecular flexibility index (Phi) is 2.67. The second kappa shape index (κ2) is 3.57. The van der Waals surface area contributed by atoms with Gasteiger partial charge in [0.2, 0.25) is 0 Å². The van der Waals surface area contributed by atoms with Crippen LogP contribution in [0.25, 0.3) is 0 Å². The van der Waals surface area contributed by atoms with E-state index in [-0.39, 0.29) is 4.90 Å². The highest BCUT2D eigenvalue weighted by Gasteiger charge is 2.10. The Morgan fingerprint density at radius 2 is 2.00 bits per heavy atom. The lowest BCUT2D eigenvalue weighted by Crippen LogP contribution is -2.01. The van der Waals surface area contributed by atoms with E-state index < -0.39 is 9.84 Å². The summed E-state index contributed by atoms with van der Waals surface area (Å²) in [5.74, 6) is 0. The molecular formula is C8H9NO3S. The van der Waals surface area contributed by atoms with E-state index in [1.807, 2.05) is 0 Å². The minimum atomic E-state index is -3.26. The molecule has 0 aromatic heterocycles. The average Bonchev–Trinajstić information content (AvgIpc) is 2.04. The molecule has 0 amide bonds. The smallest absolute Gasteiger partial charge is 0.176 e. The molecule has 0 radical (unpaired) electrons. The molecule has 0 aliphatic rings. The number of rotatable bonds is 2. The predicted octanol–water partition coefficient (Wildman–Crippen LogP) is 0.898. The van der Waals surface area contributed by atoms with Crippen molar-refractivity contribution >= 4 is 16.1 Å². The third kappa shape index (κ3) is 2.29. The van der Waals surface area contributed by atoms with Gasteiger partial charge in [-0.3, -0.25) is 0 Å². The molecule has 5 heteroatoms. The average molecular weight is 199 g/mol. The van der Waals surface area contributed by atoms with Gasteiger partial charge in [-0.1, -0.05) is 23.4 Å². The first-order chi connectivity index (χ1) is 6.05. The zero-order valence-electron chi connectivity index (χ0n) is 7.01. The zero-order valence-corrected chi connectivity index (χ0v) is 7.82. The fourth-order valence-electron chi connectivity index (χ4n) is 0.987. The summed E-state index contributed by atoms with van der Waals surface area (Å²) in [6.45, 7) is 0. The lowest BCUT2D eigenvalue weighted by Gasteiger charge is -2.00. The number of nitrogens with zero attached hydrogens (tertiary/aromatic N) is 1. The molecule has 1 rings (SSSR count). The highest BCUT2D eigenvalue weighted by Crippen LogP contribution is 2.12. The fraction of sp³-hybridized carbons (Fsp3) is 0.125. The van der Waals surface area contributed by atoms with Crippen LogP contribution in [0.3, 0.4) is 0 Å². The van der Waals surface area contributed by atoms with Gasteiger partial charge in [0.25, 0.3) is 0 Å². The van der Waals surface area contributed by atoms with Crippen LogP contribution in [-0.2, 0) is 9.84 Å². The quantitative estimate of drug-likeness (QED) is 0.437. The molecule has 0 unspecified atom stereocenters. The van der Waals surface area contributed by atoms with E-state index in [1.54, 1.807) is 18.2 Å². The maximum Gasteiger partial charge on any atom is 0.176 e. The fourth-order valence-corrected chi connectivity index (χ4v) is 1.86. The maximum absolute atomic E-state index is 11.2. The molecule has 0 aliphatic carbocycles. The molecule has 0 fully saturated rings. The molecule has 1 aromatic rings. The van der Waals surface area contributed by atoms with Gasteiger partial charge in [-0.2, -0.15) is 0 Å². The lowest BCUT2D eigenvalue weighted by molar-refractivity contribution is 0.322. The molecule has 0 spiro atoms. The third-order valence-electron chi connectivity index (χ3n) is 1.52. The van der Waals surface area contributed by atoms with Crippen LogP contribution in [-0.4, -0.2) is 26.1 Å². The molecular weight excluding hydrogens is 190 g/mol. The Morgan fingerprint density at radius 3 is 2.54 bits per heavy atom. The Bertz CT molecular complexity index is 423. The van der Waals surface area contributed by atoms with Crippen molar-refractivity contribution < 1.29 is 13.6 Å². The summed E-state index contributed by atoms with van der Waals surface area (Å²) in [4.78, 5) is 0.160. The van der Waals surface area contributed by atoms with Crippen molar-refractivity contribution in [3.05, 3.63) is 29.8 Å². The van der Waals surface area contributed by atoms with Crippen LogP contribution in [0.5, 0.6) is 0 Å². The summed E-state index contributed by atoms with van der Waals surface area (Å²) in [6, 6.07) is 6.32. The molecule has 0 heterocycles. The summed E-state index contributed by atoms with van der Waals surface area (Å²) in [5, 5.41) is 11.1. The number of hydrogen-bond acceptors (Lipinski definition) is 4. The Labute approximate surface area is 76.4 Å². The summed E-state index contributed by atoms with van der Waals surface area (Å²) < 4.78 is 22.4. The molecule has 0 bridgehead atoms. The van der Waals surface area contributed by atoms with E-state index in [0.717, 1.165) is 12.5 Å². The van der Waals surface area contributed by atoms with Crippen molar-refractivity contribution in [2.24, 2.45) is 5.16 Å². The number of benzene rings is 1. The van der Waals surface area contributed by atoms with Crippen LogP contribution >= 0.6 is 0 Å². The van der Waals surface area contributed by atoms with E-state index in [4.69, 9.17) is 5.21 Å². The molecule has 1 aromatic carbocycles. The molecule has 4 nitrogen and oxygen atoms in total. The molecule has 1 N–H and O–H groups in total. The van der Waals surface area contributed by atoms with Crippen LogP contribution in [0.4, 0.5) is 0 Å². The van der Waals surface area contributed by atoms with E-state index in [0.29, 0.717) is 5.56 Å². The maximum atomic E-state index is 11.2. The molecule has 0 atom stereocenters. The van der Waals surface area contributed by atoms with Crippen LogP contribution in [0, 0.1) is 0 Å². The van der Waals surface area contributed by atoms with Crippen molar-refractivity contribution in [1.82, 2.24) is 0 Å². The van der Waals surface area contributed by atoms with Crippen LogP contribution < -0.4 is 0 Å². The van der Waals surface area contributed by atoms with Crippen LogP contribution in [0.15, 0.2) is 34.3 Å². The highest BCUT2D eigenvalue weighted by atomic mass is 32.2. The Balaban J connectivity index is 3.37. The molecule has 13 heavy (non-hydrogen) atoms. The second-order valence-corrected chi connectivity index (χ2v) is 4.54. The molecule has 0 saturated carbocycles. The molecule has 0 aliphatic heterocycles. The van der Waals surface area contributed by atoms with Crippen molar-refractivity contribution in [2.45, 2.75) is 4.90 Å². The van der Waals surface area contributed by atoms with Crippen molar-refractivity contribution in [1.29, 1.82) is 0 Å². The molecule has 0 saturated heterocycles. The number of sulfone groups is 1. The first-order valence-corrected chi connectivity index (χ1v) is 5.41. The van der Waals surface area contributed by atoms with Crippen molar-refractivity contribution in [2.75, 3.05) is 6.26 Å². The van der Waals surface area contributed by atoms with Gasteiger partial charge in [-0.15, -0.1) is 0 Å². The summed E-state index contributed by atoms with van der Waals surface area (Å²) in [5.41, 5.74) is 0.382. The van der Waals surface area contributed by atoms with Gasteiger partial charge in [0, 0.05) is 11.8 Å². The van der Waals surface area contributed by atoms with E-state index >= 15 is 0 Å². The van der Waals surface area contributed by atoms with Crippen LogP contribution in [0.2, 0.25) is 0 Å². The van der Waals surface area contributed by atoms with Gasteiger partial charge in [0.15, 0.2) is 9.84 Å². The van der Waals surface area contributed by atoms with E-state index in [1.165, 1.54) is 6.07 Å². The summed E-state index contributed by atoms with van der Waals surface area (Å²) in [6.07, 6.45) is 2.20. The largest absolute Gasteiger partial charge is 0.411 e. The first kappa shape index (κ1) is 9.73. The summed E-state index contributed by atoms with van der Waals surface area (Å²) in [7, 11) is -3.26. The number of hydrogen-bond donors (Lipinski definition) is 1. The topological polar surface area (TPSA) is 66.7 Å². The standard InChI is InChI=1S/C8H9NO3S/c1-13(11,12)8-5-3-2-4-7(8)6-9-10/h2-6,10H,1H3/b9-6-. The number of oxime groups is 1. The Morgan fingerprint density at radius 1 is 1.38 bits per heavy atom. The van der Waals surface area contributed by atoms with Gasteiger partial charge >= 0.3 is 0 Å². The van der Waals surface area contributed by atoms with E-state index in [2.05, 4.69) is 5.16 Å². The van der Waals surface area contributed by atoms with Crippen molar-refractivity contribution in [3.8, 4) is 0 Å². The van der Waals surface area contributed by atoms with Crippen LogP contribution in [0.1, 0.15) is 5.56 Å². The third-order valence-corrected chi connectivity index (χ3v) is 2.69. The summed E-state index contributed by atoms with van der Waals surface area (Å²) >= 11 is 0. The van der Waals surface area contributed by atoms with Gasteiger partial charge in [0.1, 0.15) is 0 Å². The second-order valence-electron chi connectivity index (χ2n) is 2.55. The van der Waals surface area contributed by atoms with Gasteiger partial charge in [0.05, 0.1) is 11.1 Å². The highest BCUT2D eigenvalue weighted by molar-refractivity contribution is 7.90. The van der Waals surface area contributed by atoms with Gasteiger partial charge in [-0.05, 0) is 6.07 Å². The van der Waals surface area contributed by atoms with Gasteiger partial charge < -0.3 is 5.21 Å². The minimum Gasteiger partial charge on any atom is -0.411 e. The first-order valence-electron chi connectivity index (χ1n) is 3.52. The molecule has 70 valence electrons. The zero-order chi connectivity index (χ0) is 9.90. The normalized spacial score (nSPS) is 12.1. The predicted molar refractivity (Wildman–Crippen MR) is 48.9 cm³/mol. The monoisotopic (exact) mass is 199 g/mol. The SMILES string of the molecule is CS(=O)(=O)c1ccccc1/C=N\O.